The summed E-state index contributed by atoms with van der Waals surface area (Å²) >= 11 is 6.26. The third-order valence-corrected chi connectivity index (χ3v) is 5.06. The van der Waals surface area contributed by atoms with Crippen LogP contribution in [0.2, 0.25) is 5.02 Å². The largest absolute Gasteiger partial charge is 0.489 e. The van der Waals surface area contributed by atoms with E-state index in [0.717, 1.165) is 17.7 Å². The Kier molecular flexibility index (Phi) is 4.43. The molecule has 3 nitrogen and oxygen atoms in total. The zero-order chi connectivity index (χ0) is 14.9. The van der Waals surface area contributed by atoms with Crippen molar-refractivity contribution in [1.82, 2.24) is 0 Å². The Morgan fingerprint density at radius 2 is 2.14 bits per heavy atom. The highest BCUT2D eigenvalue weighted by atomic mass is 35.5. The molecule has 116 valence electrons. The van der Waals surface area contributed by atoms with Gasteiger partial charge in [0.15, 0.2) is 0 Å². The molecule has 3 rings (SSSR count). The fourth-order valence-electron chi connectivity index (χ4n) is 3.50. The minimum Gasteiger partial charge on any atom is -0.489 e. The zero-order valence-electron chi connectivity index (χ0n) is 12.6. The fourth-order valence-corrected chi connectivity index (χ4v) is 3.74. The molecule has 0 bridgehead atoms. The van der Waals surface area contributed by atoms with Crippen molar-refractivity contribution < 1.29 is 9.47 Å². The van der Waals surface area contributed by atoms with Crippen LogP contribution in [0, 0.1) is 0 Å². The Balaban J connectivity index is 1.56. The van der Waals surface area contributed by atoms with Crippen LogP contribution in [-0.4, -0.2) is 18.3 Å². The summed E-state index contributed by atoms with van der Waals surface area (Å²) < 4.78 is 12.1. The van der Waals surface area contributed by atoms with Crippen molar-refractivity contribution in [2.45, 2.75) is 63.2 Å². The predicted molar refractivity (Wildman–Crippen MR) is 84.9 cm³/mol. The van der Waals surface area contributed by atoms with Gasteiger partial charge in [0.05, 0.1) is 16.7 Å². The van der Waals surface area contributed by atoms with Crippen molar-refractivity contribution >= 4 is 11.6 Å². The highest BCUT2D eigenvalue weighted by Gasteiger charge is 2.42. The van der Waals surface area contributed by atoms with Gasteiger partial charge in [0.2, 0.25) is 0 Å². The maximum absolute atomic E-state index is 6.26. The van der Waals surface area contributed by atoms with Gasteiger partial charge in [-0.2, -0.15) is 0 Å². The highest BCUT2D eigenvalue weighted by Crippen LogP contribution is 2.43. The summed E-state index contributed by atoms with van der Waals surface area (Å²) in [6, 6.07) is 5.74. The lowest BCUT2D eigenvalue weighted by atomic mass is 9.98. The van der Waals surface area contributed by atoms with Crippen LogP contribution in [0.1, 0.15) is 57.1 Å². The smallest absolute Gasteiger partial charge is 0.138 e. The number of halogens is 1. The minimum atomic E-state index is -0.0167. The van der Waals surface area contributed by atoms with E-state index in [1.54, 1.807) is 0 Å². The first-order chi connectivity index (χ1) is 10.1. The average Bonchev–Trinajstić information content (AvgIpc) is 3.08. The molecule has 0 amide bonds. The van der Waals surface area contributed by atoms with Gasteiger partial charge in [-0.3, -0.25) is 0 Å². The zero-order valence-corrected chi connectivity index (χ0v) is 13.4. The Morgan fingerprint density at radius 3 is 2.81 bits per heavy atom. The summed E-state index contributed by atoms with van der Waals surface area (Å²) in [5, 5.41) is 0.623. The average molecular weight is 310 g/mol. The topological polar surface area (TPSA) is 44.5 Å². The van der Waals surface area contributed by atoms with Gasteiger partial charge in [0.25, 0.3) is 0 Å². The lowest BCUT2D eigenvalue weighted by Crippen LogP contribution is -2.27. The van der Waals surface area contributed by atoms with E-state index < -0.39 is 0 Å². The predicted octanol–water partition coefficient (Wildman–Crippen LogP) is 4.23. The second-order valence-corrected chi connectivity index (χ2v) is 6.87. The van der Waals surface area contributed by atoms with E-state index in [2.05, 4.69) is 0 Å². The van der Waals surface area contributed by atoms with Gasteiger partial charge in [-0.25, -0.2) is 0 Å². The number of benzene rings is 1. The second-order valence-electron chi connectivity index (χ2n) is 6.46. The van der Waals surface area contributed by atoms with Crippen LogP contribution < -0.4 is 10.5 Å². The van der Waals surface area contributed by atoms with Crippen LogP contribution in [0.15, 0.2) is 18.2 Å². The lowest BCUT2D eigenvalue weighted by molar-refractivity contribution is -0.0508. The van der Waals surface area contributed by atoms with E-state index in [1.165, 1.54) is 32.1 Å². The molecule has 2 N–H and O–H groups in total. The summed E-state index contributed by atoms with van der Waals surface area (Å²) in [6.07, 6.45) is 7.51. The van der Waals surface area contributed by atoms with Gasteiger partial charge in [-0.1, -0.05) is 30.5 Å². The summed E-state index contributed by atoms with van der Waals surface area (Å²) in [6.45, 7) is 2.53. The van der Waals surface area contributed by atoms with Crippen molar-refractivity contribution in [2.75, 3.05) is 6.61 Å². The molecule has 1 heterocycles. The molecule has 1 aromatic carbocycles. The molecule has 2 aliphatic rings. The monoisotopic (exact) mass is 309 g/mol. The molecule has 1 spiro atoms. The van der Waals surface area contributed by atoms with Crippen molar-refractivity contribution in [3.63, 3.8) is 0 Å². The first-order valence-corrected chi connectivity index (χ1v) is 8.31. The minimum absolute atomic E-state index is 0.0167. The molecule has 2 atom stereocenters. The van der Waals surface area contributed by atoms with Gasteiger partial charge < -0.3 is 15.2 Å². The second kappa shape index (κ2) is 6.15. The third-order valence-electron chi connectivity index (χ3n) is 4.76. The number of nitrogens with two attached hydrogens (primary N) is 1. The normalized spacial score (nSPS) is 25.4. The van der Waals surface area contributed by atoms with Crippen LogP contribution >= 0.6 is 11.6 Å². The molecule has 2 unspecified atom stereocenters. The van der Waals surface area contributed by atoms with Gasteiger partial charge in [0.1, 0.15) is 12.4 Å². The molecule has 1 aliphatic heterocycles. The standard InChI is InChI=1S/C17H24ClNO2/c1-12(19)13-4-5-16(15(18)10-13)20-11-14-6-9-17(21-14)7-2-3-8-17/h4-5,10,12,14H,2-3,6-9,11,19H2,1H3. The summed E-state index contributed by atoms with van der Waals surface area (Å²) in [5.74, 6) is 0.719. The molecule has 1 aromatic rings. The van der Waals surface area contributed by atoms with Crippen LogP contribution in [-0.2, 0) is 4.74 Å². The quantitative estimate of drug-likeness (QED) is 0.905. The Bertz CT molecular complexity index is 498. The molecule has 21 heavy (non-hydrogen) atoms. The van der Waals surface area contributed by atoms with E-state index in [0.29, 0.717) is 11.6 Å². The van der Waals surface area contributed by atoms with E-state index in [-0.39, 0.29) is 17.7 Å². The molecule has 1 saturated carbocycles. The summed E-state index contributed by atoms with van der Waals surface area (Å²) in [4.78, 5) is 0. The van der Waals surface area contributed by atoms with Crippen molar-refractivity contribution in [3.05, 3.63) is 28.8 Å². The van der Waals surface area contributed by atoms with Gasteiger partial charge >= 0.3 is 0 Å². The molecular weight excluding hydrogens is 286 g/mol. The van der Waals surface area contributed by atoms with E-state index in [4.69, 9.17) is 26.8 Å². The van der Waals surface area contributed by atoms with Crippen molar-refractivity contribution in [1.29, 1.82) is 0 Å². The van der Waals surface area contributed by atoms with Gasteiger partial charge in [-0.05, 0) is 50.3 Å². The summed E-state index contributed by atoms with van der Waals surface area (Å²) in [7, 11) is 0. The van der Waals surface area contributed by atoms with Crippen LogP contribution in [0.3, 0.4) is 0 Å². The number of ether oxygens (including phenoxy) is 2. The molecule has 2 fully saturated rings. The highest BCUT2D eigenvalue weighted by molar-refractivity contribution is 6.32. The molecule has 0 radical (unpaired) electrons. The first-order valence-electron chi connectivity index (χ1n) is 7.94. The number of hydrogen-bond acceptors (Lipinski definition) is 3. The van der Waals surface area contributed by atoms with E-state index in [9.17, 15) is 0 Å². The lowest BCUT2D eigenvalue weighted by Gasteiger charge is -2.24. The molecule has 4 heteroatoms. The third kappa shape index (κ3) is 3.36. The van der Waals surface area contributed by atoms with E-state index in [1.807, 2.05) is 25.1 Å². The number of rotatable bonds is 4. The van der Waals surface area contributed by atoms with Crippen LogP contribution in [0.5, 0.6) is 5.75 Å². The van der Waals surface area contributed by atoms with Crippen LogP contribution in [0.4, 0.5) is 0 Å². The molecular formula is C17H24ClNO2. The van der Waals surface area contributed by atoms with Crippen molar-refractivity contribution in [2.24, 2.45) is 5.73 Å². The molecule has 1 saturated heterocycles. The number of hydrogen-bond donors (Lipinski definition) is 1. The Morgan fingerprint density at radius 1 is 1.38 bits per heavy atom. The maximum Gasteiger partial charge on any atom is 0.138 e. The SMILES string of the molecule is CC(N)c1ccc(OCC2CCC3(CCCC3)O2)c(Cl)c1. The van der Waals surface area contributed by atoms with Crippen LogP contribution in [0.25, 0.3) is 0 Å². The van der Waals surface area contributed by atoms with E-state index >= 15 is 0 Å². The van der Waals surface area contributed by atoms with Gasteiger partial charge in [0, 0.05) is 6.04 Å². The first kappa shape index (κ1) is 15.1. The molecule has 1 aliphatic carbocycles. The van der Waals surface area contributed by atoms with Gasteiger partial charge in [-0.15, -0.1) is 0 Å². The Labute approximate surface area is 131 Å². The van der Waals surface area contributed by atoms with Crippen molar-refractivity contribution in [3.8, 4) is 5.75 Å². The fraction of sp³-hybridized carbons (Fsp3) is 0.647. The summed E-state index contributed by atoms with van der Waals surface area (Å²) in [5.41, 5.74) is 7.04. The Hall–Kier alpha value is -0.770. The maximum atomic E-state index is 6.26. The molecule has 0 aromatic heterocycles.